The summed E-state index contributed by atoms with van der Waals surface area (Å²) in [5.41, 5.74) is 6.08. The smallest absolute Gasteiger partial charge is 0.258 e. The number of aromatic hydroxyl groups is 1. The van der Waals surface area contributed by atoms with Gasteiger partial charge in [0.25, 0.3) is 5.91 Å². The second kappa shape index (κ2) is 6.13. The first-order valence-corrected chi connectivity index (χ1v) is 6.98. The molecule has 0 spiro atoms. The highest BCUT2D eigenvalue weighted by atomic mass is 16.5. The SMILES string of the molecule is COc1ccc(C(=O)N2C(C)CCCC2CN)c(O)c1. The Morgan fingerprint density at radius 3 is 2.85 bits per heavy atom. The molecule has 2 rings (SSSR count). The predicted molar refractivity (Wildman–Crippen MR) is 77.0 cm³/mol. The quantitative estimate of drug-likeness (QED) is 0.883. The summed E-state index contributed by atoms with van der Waals surface area (Å²) in [7, 11) is 1.52. The van der Waals surface area contributed by atoms with Crippen molar-refractivity contribution in [2.24, 2.45) is 5.73 Å². The fourth-order valence-corrected chi connectivity index (χ4v) is 2.84. The van der Waals surface area contributed by atoms with Crippen LogP contribution >= 0.6 is 0 Å². The van der Waals surface area contributed by atoms with Gasteiger partial charge in [-0.25, -0.2) is 0 Å². The molecule has 1 aliphatic rings. The van der Waals surface area contributed by atoms with Crippen molar-refractivity contribution in [2.45, 2.75) is 38.3 Å². The number of nitrogens with zero attached hydrogens (tertiary/aromatic N) is 1. The minimum atomic E-state index is -0.159. The number of hydrogen-bond acceptors (Lipinski definition) is 4. The van der Waals surface area contributed by atoms with Crippen LogP contribution in [0.15, 0.2) is 18.2 Å². The van der Waals surface area contributed by atoms with Crippen molar-refractivity contribution in [1.82, 2.24) is 4.90 Å². The predicted octanol–water partition coefficient (Wildman–Crippen LogP) is 1.74. The molecule has 20 heavy (non-hydrogen) atoms. The first-order valence-electron chi connectivity index (χ1n) is 6.98. The highest BCUT2D eigenvalue weighted by molar-refractivity contribution is 5.97. The molecule has 3 N–H and O–H groups in total. The monoisotopic (exact) mass is 278 g/mol. The maximum Gasteiger partial charge on any atom is 0.258 e. The largest absolute Gasteiger partial charge is 0.507 e. The Kier molecular flexibility index (Phi) is 4.49. The van der Waals surface area contributed by atoms with Gasteiger partial charge in [-0.3, -0.25) is 4.79 Å². The number of methoxy groups -OCH3 is 1. The Balaban J connectivity index is 2.29. The lowest BCUT2D eigenvalue weighted by Crippen LogP contribution is -2.51. The van der Waals surface area contributed by atoms with Gasteiger partial charge in [0.05, 0.1) is 12.7 Å². The summed E-state index contributed by atoms with van der Waals surface area (Å²) in [5, 5.41) is 10.0. The molecule has 1 saturated heterocycles. The number of phenols is 1. The Morgan fingerprint density at radius 1 is 1.50 bits per heavy atom. The number of phenolic OH excluding ortho intramolecular Hbond substituents is 1. The van der Waals surface area contributed by atoms with Gasteiger partial charge in [-0.2, -0.15) is 0 Å². The van der Waals surface area contributed by atoms with E-state index in [-0.39, 0.29) is 23.7 Å². The Bertz CT molecular complexity index is 490. The average Bonchev–Trinajstić information content (AvgIpc) is 2.46. The summed E-state index contributed by atoms with van der Waals surface area (Å²) in [4.78, 5) is 14.5. The van der Waals surface area contributed by atoms with Gasteiger partial charge in [-0.15, -0.1) is 0 Å². The number of amides is 1. The van der Waals surface area contributed by atoms with Gasteiger partial charge in [0.2, 0.25) is 0 Å². The molecule has 1 aromatic rings. The molecule has 0 bridgehead atoms. The van der Waals surface area contributed by atoms with Gasteiger partial charge in [0, 0.05) is 24.7 Å². The number of hydrogen-bond donors (Lipinski definition) is 2. The molecule has 0 aliphatic carbocycles. The lowest BCUT2D eigenvalue weighted by atomic mass is 9.95. The lowest BCUT2D eigenvalue weighted by molar-refractivity contribution is 0.0491. The highest BCUT2D eigenvalue weighted by Gasteiger charge is 2.32. The van der Waals surface area contributed by atoms with Crippen LogP contribution in [0.2, 0.25) is 0 Å². The Hall–Kier alpha value is -1.75. The molecule has 1 fully saturated rings. The number of rotatable bonds is 3. The molecule has 0 saturated carbocycles. The lowest BCUT2D eigenvalue weighted by Gasteiger charge is -2.40. The molecule has 1 heterocycles. The summed E-state index contributed by atoms with van der Waals surface area (Å²) in [5.74, 6) is 0.316. The number of benzene rings is 1. The molecule has 2 atom stereocenters. The van der Waals surface area contributed by atoms with Crippen molar-refractivity contribution in [1.29, 1.82) is 0 Å². The van der Waals surface area contributed by atoms with E-state index in [2.05, 4.69) is 0 Å². The van der Waals surface area contributed by atoms with Crippen molar-refractivity contribution < 1.29 is 14.6 Å². The number of likely N-dealkylation sites (tertiary alicyclic amines) is 1. The molecule has 2 unspecified atom stereocenters. The van der Waals surface area contributed by atoms with Gasteiger partial charge in [0.1, 0.15) is 11.5 Å². The highest BCUT2D eigenvalue weighted by Crippen LogP contribution is 2.29. The van der Waals surface area contributed by atoms with Crippen molar-refractivity contribution >= 4 is 5.91 Å². The zero-order valence-electron chi connectivity index (χ0n) is 12.0. The molecule has 1 amide bonds. The zero-order chi connectivity index (χ0) is 14.7. The van der Waals surface area contributed by atoms with Crippen LogP contribution in [-0.4, -0.2) is 41.7 Å². The van der Waals surface area contributed by atoms with E-state index in [9.17, 15) is 9.90 Å². The van der Waals surface area contributed by atoms with Gasteiger partial charge in [-0.1, -0.05) is 0 Å². The normalized spacial score (nSPS) is 22.6. The van der Waals surface area contributed by atoms with E-state index < -0.39 is 0 Å². The van der Waals surface area contributed by atoms with Crippen LogP contribution in [0.5, 0.6) is 11.5 Å². The van der Waals surface area contributed by atoms with Crippen LogP contribution in [0.3, 0.4) is 0 Å². The van der Waals surface area contributed by atoms with Crippen LogP contribution in [0.4, 0.5) is 0 Å². The van der Waals surface area contributed by atoms with Crippen LogP contribution in [0.1, 0.15) is 36.5 Å². The molecule has 5 heteroatoms. The number of piperidine rings is 1. The van der Waals surface area contributed by atoms with Crippen LogP contribution < -0.4 is 10.5 Å². The van der Waals surface area contributed by atoms with E-state index in [0.29, 0.717) is 17.9 Å². The second-order valence-corrected chi connectivity index (χ2v) is 5.26. The minimum absolute atomic E-state index is 0.0488. The molecule has 110 valence electrons. The molecule has 0 radical (unpaired) electrons. The third kappa shape index (κ3) is 2.72. The van der Waals surface area contributed by atoms with Gasteiger partial charge < -0.3 is 20.5 Å². The fourth-order valence-electron chi connectivity index (χ4n) is 2.84. The van der Waals surface area contributed by atoms with Crippen LogP contribution in [0.25, 0.3) is 0 Å². The van der Waals surface area contributed by atoms with E-state index in [1.807, 2.05) is 11.8 Å². The first kappa shape index (κ1) is 14.7. The van der Waals surface area contributed by atoms with E-state index in [1.54, 1.807) is 12.1 Å². The number of ether oxygens (including phenoxy) is 1. The molecular formula is C15H22N2O3. The molecule has 0 aromatic heterocycles. The molecular weight excluding hydrogens is 256 g/mol. The molecule has 1 aliphatic heterocycles. The Morgan fingerprint density at radius 2 is 2.25 bits per heavy atom. The molecule has 5 nitrogen and oxygen atoms in total. The zero-order valence-corrected chi connectivity index (χ0v) is 12.0. The summed E-state index contributed by atoms with van der Waals surface area (Å²) < 4.78 is 5.03. The molecule has 1 aromatic carbocycles. The Labute approximate surface area is 119 Å². The summed E-state index contributed by atoms with van der Waals surface area (Å²) in [6.45, 7) is 2.48. The van der Waals surface area contributed by atoms with Crippen molar-refractivity contribution in [3.05, 3.63) is 23.8 Å². The van der Waals surface area contributed by atoms with Crippen LogP contribution in [0, 0.1) is 0 Å². The maximum absolute atomic E-state index is 12.7. The third-order valence-corrected chi connectivity index (χ3v) is 3.97. The average molecular weight is 278 g/mol. The van der Waals surface area contributed by atoms with E-state index >= 15 is 0 Å². The summed E-state index contributed by atoms with van der Waals surface area (Å²) in [6, 6.07) is 4.93. The number of carbonyl (C=O) groups is 1. The van der Waals surface area contributed by atoms with Gasteiger partial charge in [-0.05, 0) is 38.3 Å². The minimum Gasteiger partial charge on any atom is -0.507 e. The number of nitrogens with two attached hydrogens (primary N) is 1. The summed E-state index contributed by atoms with van der Waals surface area (Å²) >= 11 is 0. The standard InChI is InChI=1S/C15H22N2O3/c1-10-4-3-5-11(9-16)17(10)15(19)13-7-6-12(20-2)8-14(13)18/h6-8,10-11,18H,3-5,9,16H2,1-2H3. The third-order valence-electron chi connectivity index (χ3n) is 3.97. The van der Waals surface area contributed by atoms with Crippen LogP contribution in [-0.2, 0) is 0 Å². The van der Waals surface area contributed by atoms with E-state index in [1.165, 1.54) is 13.2 Å². The van der Waals surface area contributed by atoms with Crippen molar-refractivity contribution in [3.8, 4) is 11.5 Å². The van der Waals surface area contributed by atoms with Gasteiger partial charge >= 0.3 is 0 Å². The van der Waals surface area contributed by atoms with Crippen molar-refractivity contribution in [3.63, 3.8) is 0 Å². The maximum atomic E-state index is 12.7. The number of carbonyl (C=O) groups excluding carboxylic acids is 1. The van der Waals surface area contributed by atoms with E-state index in [0.717, 1.165) is 19.3 Å². The summed E-state index contributed by atoms with van der Waals surface area (Å²) in [6.07, 6.45) is 2.98. The van der Waals surface area contributed by atoms with Gasteiger partial charge in [0.15, 0.2) is 0 Å². The topological polar surface area (TPSA) is 75.8 Å². The van der Waals surface area contributed by atoms with Crippen molar-refractivity contribution in [2.75, 3.05) is 13.7 Å². The first-order chi connectivity index (χ1) is 9.58. The fraction of sp³-hybridized carbons (Fsp3) is 0.533. The second-order valence-electron chi connectivity index (χ2n) is 5.26. The van der Waals surface area contributed by atoms with E-state index in [4.69, 9.17) is 10.5 Å².